The van der Waals surface area contributed by atoms with Gasteiger partial charge in [-0.1, -0.05) is 194 Å². The normalized spacial score (nSPS) is 13.1. The molecule has 1 atom stereocenters. The van der Waals surface area contributed by atoms with E-state index in [-0.39, 0.29) is 31.6 Å². The number of rotatable bonds is 44. The Morgan fingerprint density at radius 1 is 0.328 bits per heavy atom. The summed E-state index contributed by atoms with van der Waals surface area (Å²) in [5.74, 6) is -1.04. The third-order valence-electron chi connectivity index (χ3n) is 10.2. The minimum Gasteiger partial charge on any atom is -0.462 e. The Bertz CT molecular complexity index is 1390. The molecular formula is C58H92O6. The van der Waals surface area contributed by atoms with E-state index >= 15 is 0 Å². The highest BCUT2D eigenvalue weighted by Gasteiger charge is 2.19. The van der Waals surface area contributed by atoms with Crippen LogP contribution in [0.25, 0.3) is 0 Å². The lowest BCUT2D eigenvalue weighted by Crippen LogP contribution is -2.30. The molecule has 360 valence electrons. The van der Waals surface area contributed by atoms with E-state index in [0.29, 0.717) is 19.3 Å². The molecular weight excluding hydrogens is 793 g/mol. The lowest BCUT2D eigenvalue weighted by Gasteiger charge is -2.18. The molecule has 0 N–H and O–H groups in total. The highest BCUT2D eigenvalue weighted by Crippen LogP contribution is 2.12. The van der Waals surface area contributed by atoms with Gasteiger partial charge in [0, 0.05) is 19.3 Å². The predicted molar refractivity (Wildman–Crippen MR) is 274 cm³/mol. The van der Waals surface area contributed by atoms with Crippen LogP contribution in [-0.2, 0) is 28.6 Å². The van der Waals surface area contributed by atoms with E-state index in [4.69, 9.17) is 14.2 Å². The fraction of sp³-hybridized carbons (Fsp3) is 0.603. The van der Waals surface area contributed by atoms with Crippen molar-refractivity contribution < 1.29 is 28.6 Å². The van der Waals surface area contributed by atoms with Crippen LogP contribution >= 0.6 is 0 Å². The van der Waals surface area contributed by atoms with Crippen LogP contribution in [0.2, 0.25) is 0 Å². The van der Waals surface area contributed by atoms with E-state index in [1.807, 2.05) is 12.2 Å². The van der Waals surface area contributed by atoms with Gasteiger partial charge in [0.15, 0.2) is 6.10 Å². The van der Waals surface area contributed by atoms with E-state index in [2.05, 4.69) is 130 Å². The molecule has 0 aliphatic heterocycles. The second-order valence-corrected chi connectivity index (χ2v) is 16.3. The summed E-state index contributed by atoms with van der Waals surface area (Å²) in [4.78, 5) is 37.9. The number of carbonyl (C=O) groups is 3. The molecule has 0 radical (unpaired) electrons. The summed E-state index contributed by atoms with van der Waals surface area (Å²) in [5, 5.41) is 0. The minimum absolute atomic E-state index is 0.121. The van der Waals surface area contributed by atoms with Gasteiger partial charge in [-0.3, -0.25) is 14.4 Å². The summed E-state index contributed by atoms with van der Waals surface area (Å²) < 4.78 is 16.7. The summed E-state index contributed by atoms with van der Waals surface area (Å²) in [6.07, 6.45) is 70.5. The zero-order valence-corrected chi connectivity index (χ0v) is 41.0. The van der Waals surface area contributed by atoms with Crippen molar-refractivity contribution >= 4 is 17.9 Å². The van der Waals surface area contributed by atoms with Crippen molar-refractivity contribution in [3.05, 3.63) is 122 Å². The van der Waals surface area contributed by atoms with Gasteiger partial charge >= 0.3 is 17.9 Å². The van der Waals surface area contributed by atoms with Crippen LogP contribution in [0.3, 0.4) is 0 Å². The van der Waals surface area contributed by atoms with Gasteiger partial charge in [0.1, 0.15) is 13.2 Å². The molecule has 0 aliphatic rings. The van der Waals surface area contributed by atoms with Crippen molar-refractivity contribution in [3.8, 4) is 0 Å². The van der Waals surface area contributed by atoms with Crippen LogP contribution in [0, 0.1) is 0 Å². The Morgan fingerprint density at radius 2 is 0.641 bits per heavy atom. The van der Waals surface area contributed by atoms with E-state index < -0.39 is 12.1 Å². The van der Waals surface area contributed by atoms with Crippen LogP contribution in [0.15, 0.2) is 122 Å². The molecule has 0 saturated heterocycles. The summed E-state index contributed by atoms with van der Waals surface area (Å²) in [7, 11) is 0. The molecule has 64 heavy (non-hydrogen) atoms. The number of esters is 3. The molecule has 6 heteroatoms. The topological polar surface area (TPSA) is 78.9 Å². The molecule has 0 aromatic rings. The number of unbranched alkanes of at least 4 members (excludes halogenated alkanes) is 13. The number of carbonyl (C=O) groups excluding carboxylic acids is 3. The molecule has 0 amide bonds. The zero-order valence-electron chi connectivity index (χ0n) is 41.0. The molecule has 1 unspecified atom stereocenters. The Labute approximate surface area is 392 Å². The summed E-state index contributed by atoms with van der Waals surface area (Å²) in [5.41, 5.74) is 0. The van der Waals surface area contributed by atoms with Crippen LogP contribution in [-0.4, -0.2) is 37.2 Å². The van der Waals surface area contributed by atoms with Crippen molar-refractivity contribution in [2.75, 3.05) is 13.2 Å². The molecule has 0 spiro atoms. The van der Waals surface area contributed by atoms with Gasteiger partial charge in [0.2, 0.25) is 0 Å². The van der Waals surface area contributed by atoms with Crippen molar-refractivity contribution in [1.29, 1.82) is 0 Å². The maximum Gasteiger partial charge on any atom is 0.306 e. The van der Waals surface area contributed by atoms with Crippen LogP contribution < -0.4 is 0 Å². The van der Waals surface area contributed by atoms with Crippen molar-refractivity contribution in [2.45, 2.75) is 213 Å². The average molecular weight is 885 g/mol. The third kappa shape index (κ3) is 48.8. The standard InChI is InChI=1S/C58H92O6/c1-4-7-10-13-16-19-22-25-26-27-28-29-30-31-32-34-36-39-42-45-48-51-57(60)63-54-55(53-62-56(59)50-47-44-41-38-35-24-21-18-15-12-9-6-3)64-58(61)52-49-46-43-40-37-33-23-20-17-14-11-8-5-2/h7-8,10-11,16-21,25-26,28-29,31-33,37,43,46,55H,4-6,9,12-15,22-24,27,30,34-36,38-42,44-45,47-54H2,1-3H3/b10-7-,11-8-,19-16-,20-17-,21-18-,26-25-,29-28-,32-31-,37-33-,46-43-. The molecule has 0 aromatic heterocycles. The van der Waals surface area contributed by atoms with E-state index in [1.165, 1.54) is 32.1 Å². The van der Waals surface area contributed by atoms with Crippen LogP contribution in [0.1, 0.15) is 207 Å². The van der Waals surface area contributed by atoms with Gasteiger partial charge in [-0.05, 0) is 116 Å². The first-order chi connectivity index (χ1) is 31.5. The quantitative estimate of drug-likeness (QED) is 0.0262. The fourth-order valence-corrected chi connectivity index (χ4v) is 6.42. The number of allylic oxidation sites excluding steroid dienone is 20. The highest BCUT2D eigenvalue weighted by atomic mass is 16.6. The molecule has 6 nitrogen and oxygen atoms in total. The second-order valence-electron chi connectivity index (χ2n) is 16.3. The number of hydrogen-bond donors (Lipinski definition) is 0. The fourth-order valence-electron chi connectivity index (χ4n) is 6.42. The minimum atomic E-state index is -0.830. The monoisotopic (exact) mass is 885 g/mol. The van der Waals surface area contributed by atoms with Gasteiger partial charge in [-0.2, -0.15) is 0 Å². The molecule has 0 aliphatic carbocycles. The largest absolute Gasteiger partial charge is 0.462 e. The van der Waals surface area contributed by atoms with Gasteiger partial charge in [0.05, 0.1) is 0 Å². The van der Waals surface area contributed by atoms with Gasteiger partial charge in [-0.25, -0.2) is 0 Å². The average Bonchev–Trinajstić information content (AvgIpc) is 3.29. The summed E-state index contributed by atoms with van der Waals surface area (Å²) in [6.45, 7) is 6.27. The molecule has 0 saturated carbocycles. The Balaban J connectivity index is 4.49. The smallest absolute Gasteiger partial charge is 0.306 e. The molecule has 0 rings (SSSR count). The third-order valence-corrected chi connectivity index (χ3v) is 10.2. The van der Waals surface area contributed by atoms with Gasteiger partial charge in [0.25, 0.3) is 0 Å². The Morgan fingerprint density at radius 3 is 1.03 bits per heavy atom. The van der Waals surface area contributed by atoms with E-state index in [1.54, 1.807) is 0 Å². The molecule has 0 fully saturated rings. The Hall–Kier alpha value is -4.19. The second kappa shape index (κ2) is 51.4. The maximum absolute atomic E-state index is 12.7. The molecule has 0 bridgehead atoms. The van der Waals surface area contributed by atoms with Gasteiger partial charge in [-0.15, -0.1) is 0 Å². The SMILES string of the molecule is CC/C=C\C/C=C\C/C=C\C/C=C\C/C=C\CCCCCCCC(=O)OCC(COC(=O)CCCCCCC/C=C\CCCCC)OC(=O)CC/C=C\C/C=C\C/C=C\C/C=C\CC. The van der Waals surface area contributed by atoms with Crippen molar-refractivity contribution in [2.24, 2.45) is 0 Å². The van der Waals surface area contributed by atoms with E-state index in [9.17, 15) is 14.4 Å². The Kier molecular flexibility index (Phi) is 48.1. The first-order valence-corrected chi connectivity index (χ1v) is 25.5. The lowest BCUT2D eigenvalue weighted by molar-refractivity contribution is -0.166. The zero-order chi connectivity index (χ0) is 46.5. The van der Waals surface area contributed by atoms with Crippen molar-refractivity contribution in [3.63, 3.8) is 0 Å². The number of hydrogen-bond acceptors (Lipinski definition) is 6. The van der Waals surface area contributed by atoms with E-state index in [0.717, 1.165) is 128 Å². The molecule has 0 aromatic carbocycles. The summed E-state index contributed by atoms with van der Waals surface area (Å²) in [6, 6.07) is 0. The molecule has 0 heterocycles. The van der Waals surface area contributed by atoms with Crippen molar-refractivity contribution in [1.82, 2.24) is 0 Å². The first kappa shape index (κ1) is 59.8. The first-order valence-electron chi connectivity index (χ1n) is 25.5. The van der Waals surface area contributed by atoms with Crippen LogP contribution in [0.4, 0.5) is 0 Å². The summed E-state index contributed by atoms with van der Waals surface area (Å²) >= 11 is 0. The predicted octanol–water partition coefficient (Wildman–Crippen LogP) is 16.9. The maximum atomic E-state index is 12.7. The highest BCUT2D eigenvalue weighted by molar-refractivity contribution is 5.71. The van der Waals surface area contributed by atoms with Gasteiger partial charge < -0.3 is 14.2 Å². The van der Waals surface area contributed by atoms with Crippen LogP contribution in [0.5, 0.6) is 0 Å². The lowest BCUT2D eigenvalue weighted by atomic mass is 10.1. The number of ether oxygens (including phenoxy) is 3.